The first-order valence-corrected chi connectivity index (χ1v) is 8.85. The van der Waals surface area contributed by atoms with E-state index in [-0.39, 0.29) is 0 Å². The monoisotopic (exact) mass is 324 g/mol. The fourth-order valence-corrected chi connectivity index (χ4v) is 3.61. The normalized spacial score (nSPS) is 19.4. The zero-order valence-corrected chi connectivity index (χ0v) is 14.2. The molecule has 0 radical (unpaired) electrons. The Kier molecular flexibility index (Phi) is 4.38. The van der Waals surface area contributed by atoms with Crippen molar-refractivity contribution in [2.75, 3.05) is 18.0 Å². The number of hydrogen-bond acceptors (Lipinski definition) is 6. The Morgan fingerprint density at radius 3 is 2.58 bits per heavy atom. The van der Waals surface area contributed by atoms with Gasteiger partial charge in [-0.1, -0.05) is 0 Å². The standard InChI is InChI=1S/C18H24N6/c1-14-11-18(20-13-19-14)24(16-4-5-16)17-6-9-23(10-7-17)12-15-3-2-8-21-22-15/h2-3,8,11,13,16-17H,4-7,9-10,12H2,1H3. The molecule has 2 aliphatic rings. The lowest BCUT2D eigenvalue weighted by atomic mass is 10.0. The minimum absolute atomic E-state index is 0.588. The van der Waals surface area contributed by atoms with Crippen molar-refractivity contribution in [1.82, 2.24) is 25.1 Å². The average molecular weight is 324 g/mol. The third-order valence-corrected chi connectivity index (χ3v) is 4.96. The van der Waals surface area contributed by atoms with Crippen LogP contribution in [0.3, 0.4) is 0 Å². The maximum absolute atomic E-state index is 4.55. The predicted octanol–water partition coefficient (Wildman–Crippen LogP) is 2.21. The highest BCUT2D eigenvalue weighted by molar-refractivity contribution is 5.43. The van der Waals surface area contributed by atoms with Gasteiger partial charge in [0.2, 0.25) is 0 Å². The van der Waals surface area contributed by atoms with Crippen molar-refractivity contribution in [2.45, 2.75) is 51.2 Å². The number of aryl methyl sites for hydroxylation is 1. The Labute approximate surface area is 142 Å². The van der Waals surface area contributed by atoms with Gasteiger partial charge in [-0.05, 0) is 44.7 Å². The summed E-state index contributed by atoms with van der Waals surface area (Å²) in [6.45, 7) is 5.15. The van der Waals surface area contributed by atoms with Crippen LogP contribution in [0.15, 0.2) is 30.7 Å². The van der Waals surface area contributed by atoms with Crippen LogP contribution in [-0.2, 0) is 6.54 Å². The summed E-state index contributed by atoms with van der Waals surface area (Å²) >= 11 is 0. The van der Waals surface area contributed by atoms with Crippen molar-refractivity contribution in [3.05, 3.63) is 42.1 Å². The van der Waals surface area contributed by atoms with Gasteiger partial charge in [-0.25, -0.2) is 9.97 Å². The van der Waals surface area contributed by atoms with Crippen LogP contribution in [0.25, 0.3) is 0 Å². The van der Waals surface area contributed by atoms with Gasteiger partial charge in [-0.3, -0.25) is 4.90 Å². The fraction of sp³-hybridized carbons (Fsp3) is 0.556. The maximum atomic E-state index is 4.55. The van der Waals surface area contributed by atoms with Crippen LogP contribution in [0.2, 0.25) is 0 Å². The molecule has 2 aromatic rings. The van der Waals surface area contributed by atoms with Crippen molar-refractivity contribution in [3.63, 3.8) is 0 Å². The molecule has 1 saturated carbocycles. The van der Waals surface area contributed by atoms with Gasteiger partial charge in [0, 0.05) is 49.7 Å². The third kappa shape index (κ3) is 3.53. The van der Waals surface area contributed by atoms with E-state index in [1.807, 2.05) is 13.0 Å². The van der Waals surface area contributed by atoms with E-state index in [4.69, 9.17) is 0 Å². The Morgan fingerprint density at radius 2 is 1.92 bits per heavy atom. The molecule has 0 bridgehead atoms. The minimum Gasteiger partial charge on any atom is -0.350 e. The molecule has 0 atom stereocenters. The molecule has 24 heavy (non-hydrogen) atoms. The highest BCUT2D eigenvalue weighted by atomic mass is 15.3. The van der Waals surface area contributed by atoms with Crippen LogP contribution < -0.4 is 4.90 Å². The lowest BCUT2D eigenvalue weighted by Crippen LogP contribution is -2.46. The molecule has 0 spiro atoms. The molecule has 1 saturated heterocycles. The Bertz CT molecular complexity index is 664. The summed E-state index contributed by atoms with van der Waals surface area (Å²) in [4.78, 5) is 13.8. The molecule has 2 fully saturated rings. The number of hydrogen-bond donors (Lipinski definition) is 0. The number of aromatic nitrogens is 4. The number of likely N-dealkylation sites (tertiary alicyclic amines) is 1. The highest BCUT2D eigenvalue weighted by Gasteiger charge is 2.36. The van der Waals surface area contributed by atoms with Crippen LogP contribution >= 0.6 is 0 Å². The maximum Gasteiger partial charge on any atom is 0.132 e. The number of rotatable bonds is 5. The summed E-state index contributed by atoms with van der Waals surface area (Å²) in [5.74, 6) is 1.11. The first kappa shape index (κ1) is 15.4. The van der Waals surface area contributed by atoms with Gasteiger partial charge < -0.3 is 4.90 Å². The smallest absolute Gasteiger partial charge is 0.132 e. The third-order valence-electron chi connectivity index (χ3n) is 4.96. The van der Waals surface area contributed by atoms with Crippen LogP contribution in [0.4, 0.5) is 5.82 Å². The molecular formula is C18H24N6. The van der Waals surface area contributed by atoms with Crippen molar-refractivity contribution in [1.29, 1.82) is 0 Å². The van der Waals surface area contributed by atoms with Crippen molar-refractivity contribution < 1.29 is 0 Å². The zero-order valence-electron chi connectivity index (χ0n) is 14.2. The van der Waals surface area contributed by atoms with Gasteiger partial charge in [-0.2, -0.15) is 10.2 Å². The summed E-state index contributed by atoms with van der Waals surface area (Å²) in [7, 11) is 0. The second kappa shape index (κ2) is 6.81. The van der Waals surface area contributed by atoms with Crippen LogP contribution in [0.1, 0.15) is 37.1 Å². The van der Waals surface area contributed by atoms with Crippen molar-refractivity contribution in [2.24, 2.45) is 0 Å². The van der Waals surface area contributed by atoms with Gasteiger partial charge in [0.25, 0.3) is 0 Å². The molecular weight excluding hydrogens is 300 g/mol. The lowest BCUT2D eigenvalue weighted by Gasteiger charge is -2.39. The molecule has 0 unspecified atom stereocenters. The van der Waals surface area contributed by atoms with Gasteiger partial charge >= 0.3 is 0 Å². The zero-order chi connectivity index (χ0) is 16.4. The molecule has 4 rings (SSSR count). The largest absolute Gasteiger partial charge is 0.350 e. The van der Waals surface area contributed by atoms with Gasteiger partial charge in [0.05, 0.1) is 5.69 Å². The van der Waals surface area contributed by atoms with E-state index in [2.05, 4.69) is 42.1 Å². The van der Waals surface area contributed by atoms with Crippen LogP contribution in [-0.4, -0.2) is 50.2 Å². The molecule has 1 aliphatic carbocycles. The summed E-state index contributed by atoms with van der Waals surface area (Å²) in [6.07, 6.45) is 8.38. The summed E-state index contributed by atoms with van der Waals surface area (Å²) in [5.41, 5.74) is 2.10. The van der Waals surface area contributed by atoms with E-state index in [0.717, 1.165) is 36.8 Å². The van der Waals surface area contributed by atoms with E-state index in [1.54, 1.807) is 12.5 Å². The van der Waals surface area contributed by atoms with Crippen molar-refractivity contribution in [3.8, 4) is 0 Å². The summed E-state index contributed by atoms with van der Waals surface area (Å²) in [6, 6.07) is 7.41. The Hall–Kier alpha value is -2.08. The lowest BCUT2D eigenvalue weighted by molar-refractivity contribution is 0.198. The molecule has 6 nitrogen and oxygen atoms in total. The number of nitrogens with zero attached hydrogens (tertiary/aromatic N) is 6. The Balaban J connectivity index is 1.40. The molecule has 126 valence electrons. The quantitative estimate of drug-likeness (QED) is 0.840. The van der Waals surface area contributed by atoms with E-state index >= 15 is 0 Å². The van der Waals surface area contributed by atoms with Gasteiger partial charge in [0.15, 0.2) is 0 Å². The first-order chi connectivity index (χ1) is 11.8. The fourth-order valence-electron chi connectivity index (χ4n) is 3.61. The molecule has 1 aliphatic heterocycles. The molecule has 0 amide bonds. The van der Waals surface area contributed by atoms with E-state index < -0.39 is 0 Å². The van der Waals surface area contributed by atoms with E-state index in [9.17, 15) is 0 Å². The molecule has 3 heterocycles. The molecule has 6 heteroatoms. The second-order valence-electron chi connectivity index (χ2n) is 6.88. The number of anilines is 1. The second-order valence-corrected chi connectivity index (χ2v) is 6.88. The minimum atomic E-state index is 0.588. The van der Waals surface area contributed by atoms with Crippen molar-refractivity contribution >= 4 is 5.82 Å². The van der Waals surface area contributed by atoms with Crippen LogP contribution in [0, 0.1) is 6.92 Å². The first-order valence-electron chi connectivity index (χ1n) is 8.85. The number of piperidine rings is 1. The average Bonchev–Trinajstić information content (AvgIpc) is 3.43. The SMILES string of the molecule is Cc1cc(N(C2CC2)C2CCN(Cc3cccnn3)CC2)ncn1. The molecule has 0 aromatic carbocycles. The Morgan fingerprint density at radius 1 is 1.12 bits per heavy atom. The van der Waals surface area contributed by atoms with Gasteiger partial charge in [0.1, 0.15) is 12.1 Å². The molecule has 0 N–H and O–H groups in total. The summed E-state index contributed by atoms with van der Waals surface area (Å²) < 4.78 is 0. The van der Waals surface area contributed by atoms with E-state index in [1.165, 1.54) is 25.7 Å². The molecule has 2 aromatic heterocycles. The van der Waals surface area contributed by atoms with Crippen LogP contribution in [0.5, 0.6) is 0 Å². The van der Waals surface area contributed by atoms with E-state index in [0.29, 0.717) is 12.1 Å². The summed E-state index contributed by atoms with van der Waals surface area (Å²) in [5, 5.41) is 8.18. The topological polar surface area (TPSA) is 58.0 Å². The predicted molar refractivity (Wildman–Crippen MR) is 92.6 cm³/mol. The van der Waals surface area contributed by atoms with Gasteiger partial charge in [-0.15, -0.1) is 0 Å². The highest BCUT2D eigenvalue weighted by Crippen LogP contribution is 2.35.